The van der Waals surface area contributed by atoms with Gasteiger partial charge in [0, 0.05) is 24.2 Å². The van der Waals surface area contributed by atoms with Gasteiger partial charge in [-0.05, 0) is 44.1 Å². The lowest BCUT2D eigenvalue weighted by Gasteiger charge is -2.31. The highest BCUT2D eigenvalue weighted by Crippen LogP contribution is 2.40. The van der Waals surface area contributed by atoms with Gasteiger partial charge in [-0.3, -0.25) is 4.79 Å². The summed E-state index contributed by atoms with van der Waals surface area (Å²) in [6.07, 6.45) is 4.00. The van der Waals surface area contributed by atoms with E-state index in [1.165, 1.54) is 6.07 Å². The van der Waals surface area contributed by atoms with Gasteiger partial charge in [0.2, 0.25) is 0 Å². The number of amides is 1. The molecular formula is C19H24F2N2O3. The Bertz CT molecular complexity index is 692. The summed E-state index contributed by atoms with van der Waals surface area (Å²) in [6.45, 7) is 0.677. The fourth-order valence-corrected chi connectivity index (χ4v) is 4.43. The second kappa shape index (κ2) is 7.12. The molecule has 142 valence electrons. The molecule has 0 unspecified atom stereocenters. The molecule has 0 aromatic heterocycles. The number of nitrogens with two attached hydrogens (primary N) is 1. The SMILES string of the molecule is N[C@H]1CCN2C(=O)COc3c(F)cc(F)cc3C3CCC(CC3)OC[C@@H]12. The highest BCUT2D eigenvalue weighted by molar-refractivity contribution is 5.78. The molecule has 1 aliphatic carbocycles. The largest absolute Gasteiger partial charge is 0.480 e. The number of hydrogen-bond acceptors (Lipinski definition) is 4. The number of halogens is 2. The number of nitrogens with zero attached hydrogens (tertiary/aromatic N) is 1. The van der Waals surface area contributed by atoms with Crippen molar-refractivity contribution in [3.63, 3.8) is 0 Å². The third-order valence-electron chi connectivity index (χ3n) is 5.91. The fourth-order valence-electron chi connectivity index (χ4n) is 4.43. The molecule has 2 bridgehead atoms. The normalized spacial score (nSPS) is 32.1. The van der Waals surface area contributed by atoms with E-state index < -0.39 is 11.6 Å². The second-order valence-corrected chi connectivity index (χ2v) is 7.51. The van der Waals surface area contributed by atoms with E-state index in [1.807, 2.05) is 0 Å². The van der Waals surface area contributed by atoms with E-state index in [1.54, 1.807) is 4.90 Å². The third kappa shape index (κ3) is 3.30. The standard InChI is InChI=1S/C19H24F2N2O3/c20-12-7-14-11-1-3-13(4-2-11)25-9-17-16(22)5-6-23(17)18(24)10-26-19(14)15(21)8-12/h7-8,11,13,16-17H,1-6,9-10,22H2/t11?,13?,16-,17-/m0/s1. The Balaban J connectivity index is 1.67. The first kappa shape index (κ1) is 17.7. The molecule has 2 atom stereocenters. The molecule has 3 heterocycles. The van der Waals surface area contributed by atoms with Crippen LogP contribution in [0.1, 0.15) is 43.6 Å². The van der Waals surface area contributed by atoms with E-state index >= 15 is 0 Å². The highest BCUT2D eigenvalue weighted by atomic mass is 19.1. The van der Waals surface area contributed by atoms with Gasteiger partial charge >= 0.3 is 0 Å². The van der Waals surface area contributed by atoms with Crippen LogP contribution in [0.15, 0.2) is 12.1 Å². The van der Waals surface area contributed by atoms with Crippen LogP contribution < -0.4 is 10.5 Å². The van der Waals surface area contributed by atoms with Crippen LogP contribution in [0.4, 0.5) is 8.78 Å². The summed E-state index contributed by atoms with van der Waals surface area (Å²) in [6, 6.07) is 1.84. The lowest BCUT2D eigenvalue weighted by molar-refractivity contribution is -0.136. The molecule has 26 heavy (non-hydrogen) atoms. The van der Waals surface area contributed by atoms with Gasteiger partial charge < -0.3 is 20.1 Å². The van der Waals surface area contributed by atoms with Gasteiger partial charge in [0.15, 0.2) is 18.2 Å². The topological polar surface area (TPSA) is 64.8 Å². The maximum absolute atomic E-state index is 14.4. The van der Waals surface area contributed by atoms with Crippen LogP contribution in [0.5, 0.6) is 5.75 Å². The number of hydrogen-bond donors (Lipinski definition) is 1. The summed E-state index contributed by atoms with van der Waals surface area (Å²) in [4.78, 5) is 14.3. The van der Waals surface area contributed by atoms with E-state index in [0.717, 1.165) is 31.7 Å². The van der Waals surface area contributed by atoms with Crippen molar-refractivity contribution in [2.45, 2.75) is 56.2 Å². The van der Waals surface area contributed by atoms with Crippen molar-refractivity contribution in [2.24, 2.45) is 5.73 Å². The summed E-state index contributed by atoms with van der Waals surface area (Å²) in [5.74, 6) is -1.61. The maximum atomic E-state index is 14.4. The molecule has 4 aliphatic rings. The quantitative estimate of drug-likeness (QED) is 0.765. The maximum Gasteiger partial charge on any atom is 0.260 e. The van der Waals surface area contributed by atoms with Gasteiger partial charge in [-0.15, -0.1) is 0 Å². The molecule has 1 aromatic rings. The van der Waals surface area contributed by atoms with E-state index in [-0.39, 0.29) is 42.4 Å². The van der Waals surface area contributed by atoms with E-state index in [0.29, 0.717) is 25.1 Å². The number of rotatable bonds is 0. The minimum absolute atomic E-state index is 0.00316. The molecule has 1 saturated carbocycles. The van der Waals surface area contributed by atoms with Gasteiger partial charge in [-0.25, -0.2) is 8.78 Å². The first-order chi connectivity index (χ1) is 12.5. The Hall–Kier alpha value is -1.73. The summed E-state index contributed by atoms with van der Waals surface area (Å²) in [5.41, 5.74) is 6.68. The first-order valence-electron chi connectivity index (χ1n) is 9.31. The van der Waals surface area contributed by atoms with Crippen LogP contribution in [0.25, 0.3) is 0 Å². The fraction of sp³-hybridized carbons (Fsp3) is 0.632. The number of carbonyl (C=O) groups is 1. The Morgan fingerprint density at radius 2 is 1.88 bits per heavy atom. The van der Waals surface area contributed by atoms with Crippen molar-refractivity contribution in [1.29, 1.82) is 0 Å². The molecule has 2 N–H and O–H groups in total. The van der Waals surface area contributed by atoms with Crippen LogP contribution >= 0.6 is 0 Å². The Kier molecular flexibility index (Phi) is 4.84. The number of benzene rings is 1. The van der Waals surface area contributed by atoms with Crippen LogP contribution in [0, 0.1) is 11.6 Å². The first-order valence-corrected chi connectivity index (χ1v) is 9.31. The predicted molar refractivity (Wildman–Crippen MR) is 90.9 cm³/mol. The van der Waals surface area contributed by atoms with Gasteiger partial charge in [-0.2, -0.15) is 0 Å². The van der Waals surface area contributed by atoms with Crippen molar-refractivity contribution in [3.05, 3.63) is 29.3 Å². The van der Waals surface area contributed by atoms with Crippen molar-refractivity contribution in [2.75, 3.05) is 19.8 Å². The van der Waals surface area contributed by atoms with Crippen LogP contribution in [0.3, 0.4) is 0 Å². The molecule has 7 heteroatoms. The van der Waals surface area contributed by atoms with Crippen molar-refractivity contribution in [1.82, 2.24) is 4.90 Å². The zero-order valence-corrected chi connectivity index (χ0v) is 14.6. The minimum atomic E-state index is -0.754. The van der Waals surface area contributed by atoms with Crippen molar-refractivity contribution >= 4 is 5.91 Å². The van der Waals surface area contributed by atoms with E-state index in [9.17, 15) is 13.6 Å². The molecule has 1 aromatic carbocycles. The predicted octanol–water partition coefficient (Wildman–Crippen LogP) is 2.33. The lowest BCUT2D eigenvalue weighted by atomic mass is 9.82. The highest BCUT2D eigenvalue weighted by Gasteiger charge is 2.37. The van der Waals surface area contributed by atoms with Gasteiger partial charge in [0.1, 0.15) is 5.82 Å². The van der Waals surface area contributed by atoms with E-state index in [2.05, 4.69) is 0 Å². The molecule has 1 amide bonds. The summed E-state index contributed by atoms with van der Waals surface area (Å²) < 4.78 is 39.8. The van der Waals surface area contributed by atoms with Gasteiger partial charge in [0.05, 0.1) is 18.8 Å². The van der Waals surface area contributed by atoms with E-state index in [4.69, 9.17) is 15.2 Å². The molecule has 0 spiro atoms. The zero-order valence-electron chi connectivity index (χ0n) is 14.6. The van der Waals surface area contributed by atoms with Crippen LogP contribution in [0.2, 0.25) is 0 Å². The number of fused-ring (bicyclic) bond motifs is 5. The number of carbonyl (C=O) groups excluding carboxylic acids is 1. The summed E-state index contributed by atoms with van der Waals surface area (Å²) in [7, 11) is 0. The number of ether oxygens (including phenoxy) is 2. The van der Waals surface area contributed by atoms with Gasteiger partial charge in [-0.1, -0.05) is 0 Å². The molecule has 2 fully saturated rings. The molecule has 1 saturated heterocycles. The molecule has 0 radical (unpaired) electrons. The Morgan fingerprint density at radius 1 is 1.12 bits per heavy atom. The zero-order chi connectivity index (χ0) is 18.3. The van der Waals surface area contributed by atoms with Gasteiger partial charge in [0.25, 0.3) is 5.91 Å². The third-order valence-corrected chi connectivity index (χ3v) is 5.91. The van der Waals surface area contributed by atoms with Crippen LogP contribution in [-0.4, -0.2) is 48.8 Å². The Labute approximate surface area is 151 Å². The van der Waals surface area contributed by atoms with Crippen molar-refractivity contribution < 1.29 is 23.0 Å². The summed E-state index contributed by atoms with van der Waals surface area (Å²) >= 11 is 0. The van der Waals surface area contributed by atoms with Crippen LogP contribution in [-0.2, 0) is 9.53 Å². The average Bonchev–Trinajstić information content (AvgIpc) is 2.99. The van der Waals surface area contributed by atoms with Crippen molar-refractivity contribution in [3.8, 4) is 5.75 Å². The molecule has 3 aliphatic heterocycles. The smallest absolute Gasteiger partial charge is 0.260 e. The second-order valence-electron chi connectivity index (χ2n) is 7.51. The average molecular weight is 366 g/mol. The molecule has 5 nitrogen and oxygen atoms in total. The lowest BCUT2D eigenvalue weighted by Crippen LogP contribution is -2.47. The Morgan fingerprint density at radius 3 is 2.65 bits per heavy atom. The monoisotopic (exact) mass is 366 g/mol. The minimum Gasteiger partial charge on any atom is -0.480 e. The molecular weight excluding hydrogens is 342 g/mol. The summed E-state index contributed by atoms with van der Waals surface area (Å²) in [5, 5.41) is 0. The molecule has 5 rings (SSSR count).